The van der Waals surface area contributed by atoms with Gasteiger partial charge in [0, 0.05) is 17.3 Å². The molecule has 1 heterocycles. The van der Waals surface area contributed by atoms with Crippen molar-refractivity contribution in [3.63, 3.8) is 0 Å². The van der Waals surface area contributed by atoms with E-state index in [9.17, 15) is 13.2 Å². The number of fused-ring (bicyclic) bond motifs is 1. The van der Waals surface area contributed by atoms with Crippen molar-refractivity contribution in [2.45, 2.75) is 52.4 Å². The number of alkyl halides is 3. The summed E-state index contributed by atoms with van der Waals surface area (Å²) in [5.41, 5.74) is 8.59. The highest BCUT2D eigenvalue weighted by molar-refractivity contribution is 6.00. The Bertz CT molecular complexity index is 1200. The van der Waals surface area contributed by atoms with Crippen LogP contribution in [-0.4, -0.2) is 27.0 Å². The van der Waals surface area contributed by atoms with Crippen molar-refractivity contribution in [3.05, 3.63) is 48.0 Å². The van der Waals surface area contributed by atoms with E-state index in [2.05, 4.69) is 40.5 Å². The Labute approximate surface area is 195 Å². The number of amidine groups is 1. The van der Waals surface area contributed by atoms with Gasteiger partial charge in [-0.15, -0.1) is 13.2 Å². The smallest absolute Gasteiger partial charge is 0.409 e. The largest absolute Gasteiger partial charge is 0.573 e. The number of anilines is 2. The minimum Gasteiger partial charge on any atom is -0.409 e. The van der Waals surface area contributed by atoms with Gasteiger partial charge in [-0.25, -0.2) is 4.98 Å². The van der Waals surface area contributed by atoms with Gasteiger partial charge in [-0.1, -0.05) is 25.9 Å². The van der Waals surface area contributed by atoms with Crippen LogP contribution in [0.15, 0.2) is 47.6 Å². The van der Waals surface area contributed by atoms with Crippen molar-refractivity contribution in [1.29, 1.82) is 0 Å². The Morgan fingerprint density at radius 1 is 1.21 bits per heavy atom. The van der Waals surface area contributed by atoms with E-state index in [0.717, 1.165) is 24.8 Å². The molecule has 0 aliphatic heterocycles. The molecule has 1 aliphatic carbocycles. The summed E-state index contributed by atoms with van der Waals surface area (Å²) in [5.74, 6) is 0.789. The summed E-state index contributed by atoms with van der Waals surface area (Å²) in [4.78, 5) is 4.76. The summed E-state index contributed by atoms with van der Waals surface area (Å²) in [6.07, 6.45) is -1.68. The first-order valence-electron chi connectivity index (χ1n) is 11.1. The molecule has 1 aliphatic rings. The number of ether oxygens (including phenoxy) is 1. The van der Waals surface area contributed by atoms with Gasteiger partial charge in [0.15, 0.2) is 5.84 Å². The Kier molecular flexibility index (Phi) is 6.09. The highest BCUT2D eigenvalue weighted by Gasteiger charge is 2.35. The summed E-state index contributed by atoms with van der Waals surface area (Å²) in [6.45, 7) is 6.77. The molecular weight excluding hydrogens is 447 g/mol. The quantitative estimate of drug-likeness (QED) is 0.178. The van der Waals surface area contributed by atoms with Crippen LogP contribution in [0.1, 0.15) is 51.6 Å². The number of hydrogen-bond acceptors (Lipinski definition) is 5. The number of nitrogens with zero attached hydrogens (tertiary/aromatic N) is 3. The average Bonchev–Trinajstić information content (AvgIpc) is 3.09. The zero-order valence-corrected chi connectivity index (χ0v) is 19.2. The molecule has 2 atom stereocenters. The van der Waals surface area contributed by atoms with E-state index in [0.29, 0.717) is 28.6 Å². The molecule has 0 bridgehead atoms. The monoisotopic (exact) mass is 475 g/mol. The number of benzene rings is 2. The van der Waals surface area contributed by atoms with Crippen LogP contribution in [-0.2, 0) is 0 Å². The number of halogens is 3. The minimum atomic E-state index is -4.75. The van der Waals surface area contributed by atoms with Gasteiger partial charge in [0.25, 0.3) is 0 Å². The lowest BCUT2D eigenvalue weighted by molar-refractivity contribution is -0.274. The van der Waals surface area contributed by atoms with Gasteiger partial charge in [0.05, 0.1) is 11.0 Å². The Balaban J connectivity index is 1.74. The van der Waals surface area contributed by atoms with Crippen LogP contribution in [0.4, 0.5) is 24.8 Å². The van der Waals surface area contributed by atoms with Gasteiger partial charge in [0.2, 0.25) is 5.95 Å². The predicted octanol–water partition coefficient (Wildman–Crippen LogP) is 6.16. The molecule has 1 aromatic heterocycles. The van der Waals surface area contributed by atoms with Gasteiger partial charge in [-0.2, -0.15) is 0 Å². The summed E-state index contributed by atoms with van der Waals surface area (Å²) >= 11 is 0. The van der Waals surface area contributed by atoms with E-state index < -0.39 is 6.36 Å². The third kappa shape index (κ3) is 5.21. The number of nitrogens with two attached hydrogens (primary N) is 1. The first-order valence-corrected chi connectivity index (χ1v) is 11.1. The minimum absolute atomic E-state index is 0.0152. The molecule has 34 heavy (non-hydrogen) atoms. The molecule has 4 rings (SSSR count). The lowest BCUT2D eigenvalue weighted by Crippen LogP contribution is -2.29. The number of rotatable bonds is 5. The van der Waals surface area contributed by atoms with Crippen molar-refractivity contribution in [3.8, 4) is 5.75 Å². The molecule has 3 aromatic rings. The van der Waals surface area contributed by atoms with Crippen molar-refractivity contribution < 1.29 is 23.1 Å². The van der Waals surface area contributed by atoms with E-state index in [1.54, 1.807) is 12.1 Å². The third-order valence-electron chi connectivity index (χ3n) is 6.17. The second kappa shape index (κ2) is 8.73. The SMILES string of the molecule is CC1CC(n2c(Nc3ccc(OC(F)(F)F)cc3)nc3cc(/C(N)=N/O)ccc32)CC(C)(C)C1. The second-order valence-electron chi connectivity index (χ2n) is 9.76. The fourth-order valence-electron chi connectivity index (χ4n) is 5.14. The molecule has 1 saturated carbocycles. The van der Waals surface area contributed by atoms with Crippen LogP contribution in [0.2, 0.25) is 0 Å². The number of imidazole rings is 1. The number of nitrogens with one attached hydrogen (secondary N) is 1. The number of aromatic nitrogens is 2. The topological polar surface area (TPSA) is 97.7 Å². The van der Waals surface area contributed by atoms with Crippen molar-refractivity contribution in [2.75, 3.05) is 5.32 Å². The number of oxime groups is 1. The number of hydrogen-bond donors (Lipinski definition) is 3. The molecule has 0 radical (unpaired) electrons. The van der Waals surface area contributed by atoms with Crippen molar-refractivity contribution in [2.24, 2.45) is 22.2 Å². The van der Waals surface area contributed by atoms with Crippen LogP contribution in [0, 0.1) is 11.3 Å². The highest BCUT2D eigenvalue weighted by atomic mass is 19.4. The van der Waals surface area contributed by atoms with Gasteiger partial charge in [-0.3, -0.25) is 0 Å². The van der Waals surface area contributed by atoms with Crippen LogP contribution in [0.3, 0.4) is 0 Å². The standard InChI is InChI=1S/C24H28F3N5O2/c1-14-10-17(13-23(2,3)12-14)32-20-9-4-15(21(28)31-33)11-19(20)30-22(32)29-16-5-7-18(8-6-16)34-24(25,26)27/h4-9,11,14,17,33H,10,12-13H2,1-3H3,(H2,28,31)(H,29,30). The molecule has 0 saturated heterocycles. The summed E-state index contributed by atoms with van der Waals surface area (Å²) in [7, 11) is 0. The molecule has 7 nitrogen and oxygen atoms in total. The molecule has 0 spiro atoms. The average molecular weight is 476 g/mol. The van der Waals surface area contributed by atoms with Gasteiger partial charge < -0.3 is 25.6 Å². The van der Waals surface area contributed by atoms with E-state index >= 15 is 0 Å². The highest BCUT2D eigenvalue weighted by Crippen LogP contribution is 2.46. The van der Waals surface area contributed by atoms with Crippen LogP contribution in [0.25, 0.3) is 11.0 Å². The molecule has 1 fully saturated rings. The summed E-state index contributed by atoms with van der Waals surface area (Å²) in [5, 5.41) is 15.4. The second-order valence-corrected chi connectivity index (χ2v) is 9.76. The zero-order valence-electron chi connectivity index (χ0n) is 19.2. The molecular formula is C24H28F3N5O2. The lowest BCUT2D eigenvalue weighted by atomic mass is 9.70. The van der Waals surface area contributed by atoms with Crippen LogP contribution in [0.5, 0.6) is 5.75 Å². The molecule has 0 amide bonds. The first kappa shape index (κ1) is 23.7. The molecule has 182 valence electrons. The fraction of sp³-hybridized carbons (Fsp3) is 0.417. The molecule has 2 aromatic carbocycles. The molecule has 10 heteroatoms. The predicted molar refractivity (Wildman–Crippen MR) is 124 cm³/mol. The Morgan fingerprint density at radius 3 is 2.53 bits per heavy atom. The normalized spacial score (nSPS) is 20.9. The van der Waals surface area contributed by atoms with Crippen LogP contribution >= 0.6 is 0 Å². The van der Waals surface area contributed by atoms with Gasteiger partial charge in [0.1, 0.15) is 5.75 Å². The summed E-state index contributed by atoms with van der Waals surface area (Å²) < 4.78 is 43.6. The summed E-state index contributed by atoms with van der Waals surface area (Å²) in [6, 6.07) is 11.1. The van der Waals surface area contributed by atoms with Crippen molar-refractivity contribution in [1.82, 2.24) is 9.55 Å². The van der Waals surface area contributed by atoms with Crippen LogP contribution < -0.4 is 15.8 Å². The van der Waals surface area contributed by atoms with Crippen molar-refractivity contribution >= 4 is 28.5 Å². The van der Waals surface area contributed by atoms with E-state index in [4.69, 9.17) is 15.9 Å². The van der Waals surface area contributed by atoms with E-state index in [1.165, 1.54) is 24.3 Å². The maximum atomic E-state index is 12.5. The zero-order chi connectivity index (χ0) is 24.7. The first-order chi connectivity index (χ1) is 15.9. The Morgan fingerprint density at radius 2 is 1.91 bits per heavy atom. The Hall–Kier alpha value is -3.43. The van der Waals surface area contributed by atoms with Gasteiger partial charge in [-0.05, 0) is 73.1 Å². The lowest BCUT2D eigenvalue weighted by Gasteiger charge is -2.40. The molecule has 4 N–H and O–H groups in total. The maximum Gasteiger partial charge on any atom is 0.573 e. The fourth-order valence-corrected chi connectivity index (χ4v) is 5.14. The van der Waals surface area contributed by atoms with E-state index in [1.807, 2.05) is 6.07 Å². The third-order valence-corrected chi connectivity index (χ3v) is 6.17. The molecule has 2 unspecified atom stereocenters. The maximum absolute atomic E-state index is 12.5. The van der Waals surface area contributed by atoms with E-state index in [-0.39, 0.29) is 23.0 Å². The van der Waals surface area contributed by atoms with Gasteiger partial charge >= 0.3 is 6.36 Å².